The average Bonchev–Trinajstić information content (AvgIpc) is 2.30. The van der Waals surface area contributed by atoms with E-state index in [-0.39, 0.29) is 6.61 Å². The number of piperidine rings is 1. The smallest absolute Gasteiger partial charge is 0.131 e. The summed E-state index contributed by atoms with van der Waals surface area (Å²) in [6, 6.07) is 4.33. The van der Waals surface area contributed by atoms with E-state index in [0.29, 0.717) is 11.2 Å². The van der Waals surface area contributed by atoms with E-state index in [4.69, 9.17) is 16.7 Å². The molecule has 0 spiro atoms. The van der Waals surface area contributed by atoms with Crippen LogP contribution in [0.4, 0.5) is 5.69 Å². The number of rotatable bonds is 3. The van der Waals surface area contributed by atoms with Crippen LogP contribution in [0.15, 0.2) is 18.3 Å². The van der Waals surface area contributed by atoms with Crippen LogP contribution in [0.25, 0.3) is 0 Å². The summed E-state index contributed by atoms with van der Waals surface area (Å²) >= 11 is 5.90. The summed E-state index contributed by atoms with van der Waals surface area (Å²) in [6.45, 7) is 1.30. The molecule has 1 aromatic heterocycles. The van der Waals surface area contributed by atoms with Crippen LogP contribution < -0.4 is 4.90 Å². The zero-order chi connectivity index (χ0) is 11.4. The molecule has 4 heteroatoms. The first-order valence-corrected chi connectivity index (χ1v) is 6.18. The van der Waals surface area contributed by atoms with Crippen LogP contribution in [-0.4, -0.2) is 29.3 Å². The van der Waals surface area contributed by atoms with Gasteiger partial charge in [0.2, 0.25) is 0 Å². The van der Waals surface area contributed by atoms with Crippen molar-refractivity contribution in [3.8, 4) is 0 Å². The molecule has 1 aliphatic rings. The molecule has 0 aliphatic carbocycles. The molecule has 1 saturated heterocycles. The minimum atomic E-state index is 0.250. The number of halogens is 1. The monoisotopic (exact) mass is 240 g/mol. The van der Waals surface area contributed by atoms with Gasteiger partial charge in [-0.2, -0.15) is 0 Å². The Kier molecular flexibility index (Phi) is 4.02. The van der Waals surface area contributed by atoms with E-state index in [1.807, 2.05) is 12.1 Å². The quantitative estimate of drug-likeness (QED) is 0.825. The lowest BCUT2D eigenvalue weighted by atomic mass is 9.99. The molecular formula is C12H17ClN2O. The Morgan fingerprint density at radius 1 is 1.50 bits per heavy atom. The fourth-order valence-electron chi connectivity index (χ4n) is 2.36. The van der Waals surface area contributed by atoms with E-state index in [9.17, 15) is 0 Å². The first-order valence-electron chi connectivity index (χ1n) is 5.80. The Hall–Kier alpha value is -0.800. The standard InChI is InChI=1S/C12H17ClN2O/c13-12-9-11(4-6-14-12)15-7-2-1-3-10(15)5-8-16/h4,6,9-10,16H,1-3,5,7-8H2. The summed E-state index contributed by atoms with van der Waals surface area (Å²) in [7, 11) is 0. The summed E-state index contributed by atoms with van der Waals surface area (Å²) in [6.07, 6.45) is 6.19. The third-order valence-corrected chi connectivity index (χ3v) is 3.34. The highest BCUT2D eigenvalue weighted by Crippen LogP contribution is 2.27. The molecule has 1 aromatic rings. The first-order chi connectivity index (χ1) is 7.81. The van der Waals surface area contributed by atoms with Gasteiger partial charge < -0.3 is 10.0 Å². The lowest BCUT2D eigenvalue weighted by Crippen LogP contribution is -2.40. The van der Waals surface area contributed by atoms with Gasteiger partial charge in [-0.25, -0.2) is 4.98 Å². The summed E-state index contributed by atoms with van der Waals surface area (Å²) in [5, 5.41) is 9.61. The van der Waals surface area contributed by atoms with E-state index >= 15 is 0 Å². The number of aliphatic hydroxyl groups is 1. The van der Waals surface area contributed by atoms with Crippen molar-refractivity contribution in [2.24, 2.45) is 0 Å². The van der Waals surface area contributed by atoms with Crippen LogP contribution in [0.3, 0.4) is 0 Å². The summed E-state index contributed by atoms with van der Waals surface area (Å²) in [5.41, 5.74) is 1.12. The highest BCUT2D eigenvalue weighted by molar-refractivity contribution is 6.29. The Balaban J connectivity index is 2.16. The van der Waals surface area contributed by atoms with Crippen LogP contribution >= 0.6 is 11.6 Å². The van der Waals surface area contributed by atoms with Crippen LogP contribution in [0.2, 0.25) is 5.15 Å². The van der Waals surface area contributed by atoms with Crippen LogP contribution in [-0.2, 0) is 0 Å². The zero-order valence-corrected chi connectivity index (χ0v) is 10.0. The Morgan fingerprint density at radius 3 is 3.12 bits per heavy atom. The number of aliphatic hydroxyl groups excluding tert-OH is 1. The topological polar surface area (TPSA) is 36.4 Å². The maximum atomic E-state index is 9.07. The lowest BCUT2D eigenvalue weighted by Gasteiger charge is -2.37. The fraction of sp³-hybridized carbons (Fsp3) is 0.583. The molecule has 16 heavy (non-hydrogen) atoms. The van der Waals surface area contributed by atoms with Crippen molar-refractivity contribution in [2.75, 3.05) is 18.1 Å². The molecule has 0 saturated carbocycles. The van der Waals surface area contributed by atoms with Crippen molar-refractivity contribution in [1.82, 2.24) is 4.98 Å². The largest absolute Gasteiger partial charge is 0.396 e. The Labute approximate surface area is 101 Å². The van der Waals surface area contributed by atoms with Crippen molar-refractivity contribution in [3.05, 3.63) is 23.5 Å². The third kappa shape index (κ3) is 2.66. The predicted octanol–water partition coefficient (Wildman–Crippen LogP) is 2.48. The van der Waals surface area contributed by atoms with Crippen LogP contribution in [0.5, 0.6) is 0 Å². The second-order valence-corrected chi connectivity index (χ2v) is 4.58. The van der Waals surface area contributed by atoms with Crippen LogP contribution in [0, 0.1) is 0 Å². The first kappa shape index (κ1) is 11.7. The molecule has 0 aromatic carbocycles. The van der Waals surface area contributed by atoms with E-state index < -0.39 is 0 Å². The highest BCUT2D eigenvalue weighted by Gasteiger charge is 2.22. The predicted molar refractivity (Wildman–Crippen MR) is 65.9 cm³/mol. The average molecular weight is 241 g/mol. The van der Waals surface area contributed by atoms with Crippen molar-refractivity contribution in [2.45, 2.75) is 31.7 Å². The van der Waals surface area contributed by atoms with E-state index in [1.165, 1.54) is 12.8 Å². The van der Waals surface area contributed by atoms with Gasteiger partial charge in [0.05, 0.1) is 0 Å². The number of hydrogen-bond acceptors (Lipinski definition) is 3. The van der Waals surface area contributed by atoms with E-state index in [0.717, 1.165) is 25.1 Å². The zero-order valence-electron chi connectivity index (χ0n) is 9.27. The van der Waals surface area contributed by atoms with Gasteiger partial charge in [0.1, 0.15) is 5.15 Å². The second-order valence-electron chi connectivity index (χ2n) is 4.19. The van der Waals surface area contributed by atoms with E-state index in [2.05, 4.69) is 9.88 Å². The second kappa shape index (κ2) is 5.51. The van der Waals surface area contributed by atoms with Crippen molar-refractivity contribution in [1.29, 1.82) is 0 Å². The molecule has 1 N–H and O–H groups in total. The van der Waals surface area contributed by atoms with Gasteiger partial charge in [-0.15, -0.1) is 0 Å². The maximum absolute atomic E-state index is 9.07. The van der Waals surface area contributed by atoms with Gasteiger partial charge in [-0.05, 0) is 37.8 Å². The molecular weight excluding hydrogens is 224 g/mol. The third-order valence-electron chi connectivity index (χ3n) is 3.13. The highest BCUT2D eigenvalue weighted by atomic mass is 35.5. The molecule has 0 radical (unpaired) electrons. The molecule has 0 bridgehead atoms. The Morgan fingerprint density at radius 2 is 2.38 bits per heavy atom. The number of pyridine rings is 1. The summed E-state index contributed by atoms with van der Waals surface area (Å²) < 4.78 is 0. The van der Waals surface area contributed by atoms with Gasteiger partial charge in [0.15, 0.2) is 0 Å². The minimum Gasteiger partial charge on any atom is -0.396 e. The molecule has 1 atom stereocenters. The Bertz CT molecular complexity index is 344. The summed E-state index contributed by atoms with van der Waals surface area (Å²) in [4.78, 5) is 6.34. The summed E-state index contributed by atoms with van der Waals surface area (Å²) in [5.74, 6) is 0. The molecule has 2 heterocycles. The van der Waals surface area contributed by atoms with Gasteiger partial charge in [-0.1, -0.05) is 11.6 Å². The van der Waals surface area contributed by atoms with Gasteiger partial charge in [0.25, 0.3) is 0 Å². The van der Waals surface area contributed by atoms with Crippen molar-refractivity contribution in [3.63, 3.8) is 0 Å². The van der Waals surface area contributed by atoms with Crippen LogP contribution in [0.1, 0.15) is 25.7 Å². The minimum absolute atomic E-state index is 0.250. The number of nitrogens with zero attached hydrogens (tertiary/aromatic N) is 2. The number of anilines is 1. The molecule has 3 nitrogen and oxygen atoms in total. The molecule has 1 aliphatic heterocycles. The van der Waals surface area contributed by atoms with Gasteiger partial charge in [0, 0.05) is 31.1 Å². The molecule has 0 amide bonds. The SMILES string of the molecule is OCCC1CCCCN1c1ccnc(Cl)c1. The fourth-order valence-corrected chi connectivity index (χ4v) is 2.53. The lowest BCUT2D eigenvalue weighted by molar-refractivity contribution is 0.262. The normalized spacial score (nSPS) is 21.1. The molecule has 1 fully saturated rings. The van der Waals surface area contributed by atoms with E-state index in [1.54, 1.807) is 6.20 Å². The molecule has 1 unspecified atom stereocenters. The van der Waals surface area contributed by atoms with Gasteiger partial charge >= 0.3 is 0 Å². The molecule has 88 valence electrons. The maximum Gasteiger partial charge on any atom is 0.131 e. The number of hydrogen-bond donors (Lipinski definition) is 1. The number of aromatic nitrogens is 1. The van der Waals surface area contributed by atoms with Gasteiger partial charge in [-0.3, -0.25) is 0 Å². The van der Waals surface area contributed by atoms with Crippen molar-refractivity contribution >= 4 is 17.3 Å². The molecule has 2 rings (SSSR count). The van der Waals surface area contributed by atoms with Crippen molar-refractivity contribution < 1.29 is 5.11 Å².